The van der Waals surface area contributed by atoms with E-state index in [4.69, 9.17) is 14.3 Å². The van der Waals surface area contributed by atoms with E-state index in [9.17, 15) is 13.2 Å². The van der Waals surface area contributed by atoms with Crippen molar-refractivity contribution in [2.75, 3.05) is 53.7 Å². The van der Waals surface area contributed by atoms with Crippen molar-refractivity contribution in [3.8, 4) is 0 Å². The van der Waals surface area contributed by atoms with E-state index in [0.717, 1.165) is 47.6 Å². The van der Waals surface area contributed by atoms with Gasteiger partial charge in [-0.25, -0.2) is 9.97 Å². The quantitative estimate of drug-likeness (QED) is 0.389. The van der Waals surface area contributed by atoms with Crippen LogP contribution < -0.4 is 20.4 Å². The molecule has 3 N–H and O–H groups in total. The number of fused-ring (bicyclic) bond motifs is 1. The Balaban J connectivity index is 1.28. The van der Waals surface area contributed by atoms with Crippen molar-refractivity contribution in [1.82, 2.24) is 20.3 Å². The molecule has 2 aromatic heterocycles. The van der Waals surface area contributed by atoms with Gasteiger partial charge in [0.25, 0.3) is 10.1 Å². The zero-order valence-electron chi connectivity index (χ0n) is 22.3. The second kappa shape index (κ2) is 11.5. The average Bonchev–Trinajstić information content (AvgIpc) is 3.43. The molecule has 210 valence electrons. The van der Waals surface area contributed by atoms with Crippen molar-refractivity contribution in [2.45, 2.75) is 51.8 Å². The third-order valence-corrected chi connectivity index (χ3v) is 8.25. The third-order valence-electron chi connectivity index (χ3n) is 7.57. The molecule has 13 heteroatoms. The third kappa shape index (κ3) is 6.55. The molecule has 1 unspecified atom stereocenters. The molecule has 3 aliphatic rings. The average molecular weight is 558 g/mol. The second-order valence-corrected chi connectivity index (χ2v) is 11.8. The summed E-state index contributed by atoms with van der Waals surface area (Å²) in [7, 11) is -4.05. The van der Waals surface area contributed by atoms with Crippen LogP contribution in [0.5, 0.6) is 0 Å². The van der Waals surface area contributed by atoms with E-state index >= 15 is 0 Å². The van der Waals surface area contributed by atoms with Crippen LogP contribution in [0.4, 0.5) is 23.3 Å². The lowest BCUT2D eigenvalue weighted by molar-refractivity contribution is -0.113. The SMILES string of the molecule is CC(=O)C1=C(C)c2cnc(Nc3ccc(N4CCNC(OCCS(=O)(=O)O)C4)cn3)nc2N(C2CCCC2)C1. The predicted octanol–water partition coefficient (Wildman–Crippen LogP) is 2.38. The summed E-state index contributed by atoms with van der Waals surface area (Å²) in [5.74, 6) is 1.57. The Labute approximate surface area is 228 Å². The summed E-state index contributed by atoms with van der Waals surface area (Å²) in [6.07, 6.45) is 7.76. The number of nitrogens with zero attached hydrogens (tertiary/aromatic N) is 5. The second-order valence-electron chi connectivity index (χ2n) is 10.2. The van der Waals surface area contributed by atoms with Gasteiger partial charge in [-0.2, -0.15) is 13.4 Å². The largest absolute Gasteiger partial charge is 0.365 e. The van der Waals surface area contributed by atoms with Crippen LogP contribution in [0.3, 0.4) is 0 Å². The summed E-state index contributed by atoms with van der Waals surface area (Å²) in [5.41, 5.74) is 3.58. The van der Waals surface area contributed by atoms with Crippen molar-refractivity contribution in [3.05, 3.63) is 35.7 Å². The number of ether oxygens (including phenoxy) is 1. The topological polar surface area (TPSA) is 150 Å². The molecule has 1 saturated carbocycles. The molecule has 39 heavy (non-hydrogen) atoms. The van der Waals surface area contributed by atoms with Crippen LogP contribution in [0.1, 0.15) is 45.1 Å². The number of Topliss-reactive ketones (excluding diaryl/α,β-unsaturated/α-hetero) is 1. The highest BCUT2D eigenvalue weighted by Crippen LogP contribution is 2.38. The standard InChI is InChI=1S/C26H35N7O5S/c1-17-21-14-29-26(31-25(21)33(15-22(17)18(2)34)19-5-3-4-6-19)30-23-8-7-20(13-28-23)32-10-9-27-24(16-32)38-11-12-39(35,36)37/h7-8,13-14,19,24,27H,3-6,9-12,15-16H2,1-2H3,(H,35,36,37)(H,28,29,30,31). The van der Waals surface area contributed by atoms with E-state index in [1.54, 1.807) is 19.3 Å². The van der Waals surface area contributed by atoms with Crippen LogP contribution in [0.2, 0.25) is 0 Å². The summed E-state index contributed by atoms with van der Waals surface area (Å²) < 4.78 is 36.3. The minimum Gasteiger partial charge on any atom is -0.365 e. The van der Waals surface area contributed by atoms with Gasteiger partial charge in [0, 0.05) is 43.0 Å². The highest BCUT2D eigenvalue weighted by Gasteiger charge is 2.32. The smallest absolute Gasteiger partial charge is 0.267 e. The number of hydrogen-bond donors (Lipinski definition) is 3. The molecule has 12 nitrogen and oxygen atoms in total. The Morgan fingerprint density at radius 3 is 2.72 bits per heavy atom. The van der Waals surface area contributed by atoms with Crippen LogP contribution in [-0.2, 0) is 19.6 Å². The number of hydrogen-bond acceptors (Lipinski definition) is 11. The number of allylic oxidation sites excluding steroid dienone is 1. The molecule has 1 atom stereocenters. The molecule has 1 aliphatic carbocycles. The van der Waals surface area contributed by atoms with Crippen molar-refractivity contribution in [1.29, 1.82) is 0 Å². The Hall–Kier alpha value is -3.13. The molecule has 5 rings (SSSR count). The minimum atomic E-state index is -4.05. The van der Waals surface area contributed by atoms with Gasteiger partial charge in [-0.3, -0.25) is 14.7 Å². The lowest BCUT2D eigenvalue weighted by Gasteiger charge is -2.36. The first-order valence-corrected chi connectivity index (χ1v) is 14.9. The normalized spacial score (nSPS) is 20.3. The highest BCUT2D eigenvalue weighted by atomic mass is 32.2. The van der Waals surface area contributed by atoms with E-state index in [1.807, 2.05) is 19.1 Å². The zero-order valence-corrected chi connectivity index (χ0v) is 23.1. The molecule has 2 fully saturated rings. The molecular weight excluding hydrogens is 522 g/mol. The molecule has 0 bridgehead atoms. The fourth-order valence-corrected chi connectivity index (χ4v) is 5.76. The zero-order chi connectivity index (χ0) is 27.6. The lowest BCUT2D eigenvalue weighted by Crippen LogP contribution is -2.52. The lowest BCUT2D eigenvalue weighted by atomic mass is 9.94. The summed E-state index contributed by atoms with van der Waals surface area (Å²) in [5, 5.41) is 6.41. The molecule has 0 aromatic carbocycles. The first-order valence-electron chi connectivity index (χ1n) is 13.3. The van der Waals surface area contributed by atoms with Gasteiger partial charge in [-0.05, 0) is 44.4 Å². The van der Waals surface area contributed by atoms with Crippen LogP contribution in [0.25, 0.3) is 5.57 Å². The molecule has 0 radical (unpaired) electrons. The van der Waals surface area contributed by atoms with E-state index in [-0.39, 0.29) is 18.6 Å². The summed E-state index contributed by atoms with van der Waals surface area (Å²) in [6.45, 7) is 6.00. The first-order chi connectivity index (χ1) is 18.7. The van der Waals surface area contributed by atoms with E-state index in [1.165, 1.54) is 12.8 Å². The van der Waals surface area contributed by atoms with E-state index in [2.05, 4.69) is 30.4 Å². The summed E-state index contributed by atoms with van der Waals surface area (Å²) in [6, 6.07) is 4.18. The molecule has 0 amide bonds. The molecule has 2 aliphatic heterocycles. The number of nitrogens with one attached hydrogen (secondary N) is 2. The van der Waals surface area contributed by atoms with Gasteiger partial charge in [0.05, 0.1) is 30.8 Å². The Morgan fingerprint density at radius 2 is 2.03 bits per heavy atom. The Bertz CT molecular complexity index is 1340. The van der Waals surface area contributed by atoms with E-state index < -0.39 is 15.9 Å². The number of carbonyl (C=O) groups excluding carboxylic acids is 1. The van der Waals surface area contributed by atoms with E-state index in [0.29, 0.717) is 37.4 Å². The maximum atomic E-state index is 12.3. The number of pyridine rings is 1. The molecule has 1 saturated heterocycles. The fourth-order valence-electron chi connectivity index (χ4n) is 5.46. The predicted molar refractivity (Wildman–Crippen MR) is 149 cm³/mol. The van der Waals surface area contributed by atoms with Gasteiger partial charge < -0.3 is 19.9 Å². The molecule has 0 spiro atoms. The minimum absolute atomic E-state index is 0.0875. The number of ketones is 1. The molecular formula is C26H35N7O5S. The van der Waals surface area contributed by atoms with Crippen molar-refractivity contribution >= 4 is 44.7 Å². The van der Waals surface area contributed by atoms with Crippen LogP contribution in [0, 0.1) is 0 Å². The van der Waals surface area contributed by atoms with Crippen LogP contribution in [-0.4, -0.2) is 84.5 Å². The van der Waals surface area contributed by atoms with Gasteiger partial charge in [0.15, 0.2) is 5.78 Å². The number of rotatable bonds is 9. The maximum absolute atomic E-state index is 12.3. The van der Waals surface area contributed by atoms with Gasteiger partial charge in [-0.1, -0.05) is 12.8 Å². The van der Waals surface area contributed by atoms with Gasteiger partial charge in [-0.15, -0.1) is 0 Å². The van der Waals surface area contributed by atoms with Crippen molar-refractivity contribution in [3.63, 3.8) is 0 Å². The Morgan fingerprint density at radius 1 is 1.23 bits per heavy atom. The molecule has 4 heterocycles. The number of aromatic nitrogens is 3. The van der Waals surface area contributed by atoms with Crippen LogP contribution >= 0.6 is 0 Å². The maximum Gasteiger partial charge on any atom is 0.267 e. The number of carbonyl (C=O) groups is 1. The van der Waals surface area contributed by atoms with Gasteiger partial charge in [0.1, 0.15) is 17.9 Å². The van der Waals surface area contributed by atoms with Gasteiger partial charge >= 0.3 is 0 Å². The first kappa shape index (κ1) is 27.4. The van der Waals surface area contributed by atoms with Crippen LogP contribution in [0.15, 0.2) is 30.1 Å². The highest BCUT2D eigenvalue weighted by molar-refractivity contribution is 7.85. The number of piperazine rings is 1. The van der Waals surface area contributed by atoms with Gasteiger partial charge in [0.2, 0.25) is 5.95 Å². The Kier molecular flexibility index (Phi) is 8.12. The van der Waals surface area contributed by atoms with Crippen molar-refractivity contribution < 1.29 is 22.5 Å². The summed E-state index contributed by atoms with van der Waals surface area (Å²) >= 11 is 0. The fraction of sp³-hybridized carbons (Fsp3) is 0.538. The monoisotopic (exact) mass is 557 g/mol. The van der Waals surface area contributed by atoms with Crippen molar-refractivity contribution in [2.24, 2.45) is 0 Å². The number of anilines is 4. The summed E-state index contributed by atoms with van der Waals surface area (Å²) in [4.78, 5) is 30.7. The molecule has 2 aromatic rings.